The number of fused-ring (bicyclic) bond motifs is 1. The maximum absolute atomic E-state index is 13.0. The molecule has 8 heteroatoms. The van der Waals surface area contributed by atoms with Crippen LogP contribution in [-0.4, -0.2) is 30.4 Å². The molecule has 3 aromatic rings. The second-order valence-electron chi connectivity index (χ2n) is 7.45. The van der Waals surface area contributed by atoms with Crippen molar-refractivity contribution in [1.82, 2.24) is 0 Å². The largest absolute Gasteiger partial charge is 0.488 e. The maximum Gasteiger partial charge on any atom is 0.342 e. The molecule has 1 aliphatic rings. The number of anilines is 2. The summed E-state index contributed by atoms with van der Waals surface area (Å²) in [6.45, 7) is 1.56. The van der Waals surface area contributed by atoms with E-state index in [0.717, 1.165) is 5.56 Å². The van der Waals surface area contributed by atoms with E-state index in [4.69, 9.17) is 21.1 Å². The Hall–Kier alpha value is -3.84. The lowest BCUT2D eigenvalue weighted by molar-refractivity contribution is -0.128. The zero-order valence-electron chi connectivity index (χ0n) is 17.8. The van der Waals surface area contributed by atoms with Gasteiger partial charge in [0.25, 0.3) is 5.91 Å². The van der Waals surface area contributed by atoms with Crippen molar-refractivity contribution in [3.8, 4) is 5.75 Å². The summed E-state index contributed by atoms with van der Waals surface area (Å²) in [4.78, 5) is 39.2. The lowest BCUT2D eigenvalue weighted by Gasteiger charge is -2.30. The van der Waals surface area contributed by atoms with Crippen LogP contribution >= 0.6 is 11.6 Å². The molecule has 0 aromatic heterocycles. The average Bonchev–Trinajstić information content (AvgIpc) is 2.82. The van der Waals surface area contributed by atoms with Crippen molar-refractivity contribution in [2.24, 2.45) is 0 Å². The van der Waals surface area contributed by atoms with E-state index in [2.05, 4.69) is 5.32 Å². The molecule has 0 fully saturated rings. The van der Waals surface area contributed by atoms with Gasteiger partial charge < -0.3 is 14.8 Å². The number of halogens is 1. The summed E-state index contributed by atoms with van der Waals surface area (Å²) in [7, 11) is 0. The third kappa shape index (κ3) is 5.15. The van der Waals surface area contributed by atoms with Crippen molar-refractivity contribution in [3.63, 3.8) is 0 Å². The minimum atomic E-state index is -1.11. The highest BCUT2D eigenvalue weighted by Gasteiger charge is 2.31. The molecule has 0 saturated heterocycles. The highest BCUT2D eigenvalue weighted by Crippen LogP contribution is 2.30. The third-order valence-electron chi connectivity index (χ3n) is 5.08. The van der Waals surface area contributed by atoms with Crippen molar-refractivity contribution < 1.29 is 23.9 Å². The Bertz CT molecular complexity index is 1200. The first-order chi connectivity index (χ1) is 15.9. The van der Waals surface area contributed by atoms with Gasteiger partial charge in [0.1, 0.15) is 24.5 Å². The Labute approximate surface area is 195 Å². The summed E-state index contributed by atoms with van der Waals surface area (Å²) in [5.74, 6) is -1.18. The van der Waals surface area contributed by atoms with Gasteiger partial charge in [-0.05, 0) is 48.9 Å². The van der Waals surface area contributed by atoms with Crippen LogP contribution in [-0.2, 0) is 20.9 Å². The van der Waals surface area contributed by atoms with E-state index < -0.39 is 18.0 Å². The Balaban J connectivity index is 1.45. The molecule has 1 heterocycles. The van der Waals surface area contributed by atoms with Crippen LogP contribution in [0, 0.1) is 0 Å². The van der Waals surface area contributed by atoms with Crippen LogP contribution in [0.4, 0.5) is 11.4 Å². The molecule has 7 nitrogen and oxygen atoms in total. The van der Waals surface area contributed by atoms with Crippen LogP contribution in [0.3, 0.4) is 0 Å². The number of ether oxygens (including phenoxy) is 2. The lowest BCUT2D eigenvalue weighted by Crippen LogP contribution is -2.47. The Kier molecular flexibility index (Phi) is 6.60. The molecular weight excluding hydrogens is 444 g/mol. The van der Waals surface area contributed by atoms with Crippen LogP contribution in [0.15, 0.2) is 72.8 Å². The quantitative estimate of drug-likeness (QED) is 0.545. The number of benzene rings is 3. The highest BCUT2D eigenvalue weighted by molar-refractivity contribution is 6.30. The molecule has 3 aromatic carbocycles. The van der Waals surface area contributed by atoms with E-state index in [0.29, 0.717) is 22.1 Å². The number of nitrogens with one attached hydrogen (secondary N) is 1. The number of carbonyl (C=O) groups is 3. The van der Waals surface area contributed by atoms with E-state index in [-0.39, 0.29) is 24.6 Å². The van der Waals surface area contributed by atoms with Crippen LogP contribution in [0.25, 0.3) is 0 Å². The fourth-order valence-corrected chi connectivity index (χ4v) is 3.55. The Morgan fingerprint density at radius 2 is 1.73 bits per heavy atom. The molecule has 0 spiro atoms. The Morgan fingerprint density at radius 3 is 2.52 bits per heavy atom. The van der Waals surface area contributed by atoms with Gasteiger partial charge in [-0.1, -0.05) is 48.0 Å². The third-order valence-corrected chi connectivity index (χ3v) is 5.33. The number of rotatable bonds is 6. The van der Waals surface area contributed by atoms with E-state index in [1.807, 2.05) is 12.1 Å². The molecule has 1 atom stereocenters. The summed E-state index contributed by atoms with van der Waals surface area (Å²) >= 11 is 5.91. The van der Waals surface area contributed by atoms with Gasteiger partial charge in [0.15, 0.2) is 6.10 Å². The first kappa shape index (κ1) is 22.4. The van der Waals surface area contributed by atoms with Gasteiger partial charge >= 0.3 is 5.97 Å². The van der Waals surface area contributed by atoms with Gasteiger partial charge in [-0.25, -0.2) is 4.79 Å². The van der Waals surface area contributed by atoms with Gasteiger partial charge in [0, 0.05) is 5.02 Å². The average molecular weight is 465 g/mol. The number of hydrogen-bond acceptors (Lipinski definition) is 5. The van der Waals surface area contributed by atoms with Crippen molar-refractivity contribution in [3.05, 3.63) is 88.9 Å². The van der Waals surface area contributed by atoms with Gasteiger partial charge in [0.05, 0.1) is 11.4 Å². The monoisotopic (exact) mass is 464 g/mol. The molecule has 1 aliphatic heterocycles. The molecule has 4 rings (SSSR count). The van der Waals surface area contributed by atoms with Gasteiger partial charge in [-0.2, -0.15) is 0 Å². The van der Waals surface area contributed by atoms with E-state index in [9.17, 15) is 14.4 Å². The van der Waals surface area contributed by atoms with Gasteiger partial charge in [-0.3, -0.25) is 14.5 Å². The van der Waals surface area contributed by atoms with Crippen LogP contribution < -0.4 is 15.0 Å². The van der Waals surface area contributed by atoms with Gasteiger partial charge in [-0.15, -0.1) is 0 Å². The molecule has 0 bridgehead atoms. The van der Waals surface area contributed by atoms with Crippen molar-refractivity contribution in [2.45, 2.75) is 19.6 Å². The van der Waals surface area contributed by atoms with Crippen molar-refractivity contribution >= 4 is 40.8 Å². The smallest absolute Gasteiger partial charge is 0.342 e. The summed E-state index contributed by atoms with van der Waals surface area (Å²) in [5.41, 5.74) is 2.16. The fraction of sp³-hybridized carbons (Fsp3) is 0.160. The first-order valence-corrected chi connectivity index (χ1v) is 10.7. The molecule has 168 valence electrons. The topological polar surface area (TPSA) is 84.9 Å². The number of amides is 2. The minimum absolute atomic E-state index is 0.154. The molecule has 0 radical (unpaired) electrons. The van der Waals surface area contributed by atoms with Crippen LogP contribution in [0.5, 0.6) is 5.75 Å². The summed E-state index contributed by atoms with van der Waals surface area (Å²) in [5, 5.41) is 3.34. The normalized spacial score (nSPS) is 13.5. The number of para-hydroxylation sites is 3. The summed E-state index contributed by atoms with van der Waals surface area (Å²) in [6.07, 6.45) is -1.11. The first-order valence-electron chi connectivity index (χ1n) is 10.3. The van der Waals surface area contributed by atoms with Crippen LogP contribution in [0.2, 0.25) is 5.02 Å². The van der Waals surface area contributed by atoms with Gasteiger partial charge in [0.2, 0.25) is 5.91 Å². The second-order valence-corrected chi connectivity index (χ2v) is 7.88. The predicted octanol–water partition coefficient (Wildman–Crippen LogP) is 4.45. The molecule has 2 amide bonds. The minimum Gasteiger partial charge on any atom is -0.488 e. The van der Waals surface area contributed by atoms with Crippen LogP contribution in [0.1, 0.15) is 22.8 Å². The van der Waals surface area contributed by atoms with E-state index in [1.165, 1.54) is 11.8 Å². The number of nitrogens with zero attached hydrogens (tertiary/aromatic N) is 1. The molecule has 33 heavy (non-hydrogen) atoms. The van der Waals surface area contributed by atoms with E-state index >= 15 is 0 Å². The maximum atomic E-state index is 13.0. The summed E-state index contributed by atoms with van der Waals surface area (Å²) in [6, 6.07) is 20.8. The highest BCUT2D eigenvalue weighted by atomic mass is 35.5. The molecule has 0 aliphatic carbocycles. The summed E-state index contributed by atoms with van der Waals surface area (Å²) < 4.78 is 11.3. The molecule has 1 N–H and O–H groups in total. The standard InChI is InChI=1S/C25H21ClN2O5/c1-16(24(30)28-14-23(29)27-20-7-3-4-8-21(20)28)33-25(31)19-6-2-5-9-22(19)32-15-17-10-12-18(26)13-11-17/h2-13,16H,14-15H2,1H3,(H,27,29). The van der Waals surface area contributed by atoms with Crippen molar-refractivity contribution in [1.29, 1.82) is 0 Å². The zero-order valence-corrected chi connectivity index (χ0v) is 18.5. The van der Waals surface area contributed by atoms with E-state index in [1.54, 1.807) is 60.7 Å². The molecule has 1 unspecified atom stereocenters. The zero-order chi connectivity index (χ0) is 23.4. The predicted molar refractivity (Wildman–Crippen MR) is 125 cm³/mol. The Morgan fingerprint density at radius 1 is 1.03 bits per heavy atom. The lowest BCUT2D eigenvalue weighted by atomic mass is 10.1. The second kappa shape index (κ2) is 9.75. The fourth-order valence-electron chi connectivity index (χ4n) is 3.43. The SMILES string of the molecule is CC(OC(=O)c1ccccc1OCc1ccc(Cl)cc1)C(=O)N1CC(=O)Nc2ccccc21. The number of carbonyl (C=O) groups excluding carboxylic acids is 3. The number of hydrogen-bond donors (Lipinski definition) is 1. The van der Waals surface area contributed by atoms with Crippen molar-refractivity contribution in [2.75, 3.05) is 16.8 Å². The number of esters is 1. The molecule has 0 saturated carbocycles. The molecular formula is C25H21ClN2O5.